The zero-order chi connectivity index (χ0) is 10.7. The van der Waals surface area contributed by atoms with E-state index in [0.29, 0.717) is 4.99 Å². The Bertz CT molecular complexity index is 230. The van der Waals surface area contributed by atoms with Gasteiger partial charge in [0.25, 0.3) is 0 Å². The summed E-state index contributed by atoms with van der Waals surface area (Å²) >= 11 is 4.91. The maximum atomic E-state index is 5.52. The van der Waals surface area contributed by atoms with Gasteiger partial charge < -0.3 is 10.6 Å². The maximum Gasteiger partial charge on any atom is 0.0727 e. The summed E-state index contributed by atoms with van der Waals surface area (Å²) in [6, 6.07) is 0.894. The third kappa shape index (κ3) is 2.91. The minimum absolute atomic E-state index is 0.675. The summed E-state index contributed by atoms with van der Waals surface area (Å²) in [6.07, 6.45) is 9.29. The molecule has 15 heavy (non-hydrogen) atoms. The molecule has 86 valence electrons. The fraction of sp³-hybridized carbons (Fsp3) is 0.917. The molecule has 1 saturated heterocycles. The van der Waals surface area contributed by atoms with Crippen LogP contribution in [0.25, 0.3) is 0 Å². The number of thiocarbonyl (C=S) groups is 1. The van der Waals surface area contributed by atoms with Crippen molar-refractivity contribution in [2.75, 3.05) is 13.1 Å². The van der Waals surface area contributed by atoms with Crippen molar-refractivity contribution in [3.05, 3.63) is 0 Å². The second-order valence-electron chi connectivity index (χ2n) is 5.01. The second-order valence-corrected chi connectivity index (χ2v) is 5.53. The minimum Gasteiger partial charge on any atom is -0.393 e. The molecule has 1 aliphatic heterocycles. The first-order valence-electron chi connectivity index (χ1n) is 6.30. The normalized spacial score (nSPS) is 31.5. The molecule has 0 bridgehead atoms. The number of hydrogen-bond acceptors (Lipinski definition) is 2. The Labute approximate surface area is 98.2 Å². The number of nitrogens with zero attached hydrogens (tertiary/aromatic N) is 1. The number of likely N-dealkylation sites (tertiary alicyclic amines) is 1. The largest absolute Gasteiger partial charge is 0.393 e. The Balaban J connectivity index is 1.75. The van der Waals surface area contributed by atoms with Crippen LogP contribution in [0.15, 0.2) is 0 Å². The quantitative estimate of drug-likeness (QED) is 0.746. The first-order chi connectivity index (χ1) is 7.27. The molecule has 2 nitrogen and oxygen atoms in total. The molecule has 2 fully saturated rings. The molecule has 0 radical (unpaired) electrons. The van der Waals surface area contributed by atoms with E-state index in [2.05, 4.69) is 4.90 Å². The third-order valence-corrected chi connectivity index (χ3v) is 4.20. The Morgan fingerprint density at radius 3 is 2.87 bits per heavy atom. The highest BCUT2D eigenvalue weighted by atomic mass is 32.1. The van der Waals surface area contributed by atoms with Gasteiger partial charge in [-0.05, 0) is 51.1 Å². The lowest BCUT2D eigenvalue weighted by Gasteiger charge is -2.31. The Morgan fingerprint density at radius 2 is 2.07 bits per heavy atom. The predicted molar refractivity (Wildman–Crippen MR) is 68.0 cm³/mol. The van der Waals surface area contributed by atoms with Gasteiger partial charge in [0.05, 0.1) is 4.99 Å². The van der Waals surface area contributed by atoms with Crippen molar-refractivity contribution in [3.8, 4) is 0 Å². The zero-order valence-corrected chi connectivity index (χ0v) is 10.3. The summed E-state index contributed by atoms with van der Waals surface area (Å²) in [4.78, 5) is 3.36. The van der Waals surface area contributed by atoms with Crippen LogP contribution >= 0.6 is 12.2 Å². The van der Waals surface area contributed by atoms with Gasteiger partial charge in [-0.2, -0.15) is 0 Å². The molecule has 2 aliphatic rings. The molecule has 0 amide bonds. The summed E-state index contributed by atoms with van der Waals surface area (Å²) in [5, 5.41) is 0. The van der Waals surface area contributed by atoms with Gasteiger partial charge in [-0.1, -0.05) is 25.1 Å². The van der Waals surface area contributed by atoms with Gasteiger partial charge in [0.15, 0.2) is 0 Å². The van der Waals surface area contributed by atoms with Crippen molar-refractivity contribution in [1.82, 2.24) is 4.90 Å². The molecule has 3 heteroatoms. The van der Waals surface area contributed by atoms with Crippen molar-refractivity contribution >= 4 is 17.2 Å². The van der Waals surface area contributed by atoms with Crippen molar-refractivity contribution in [2.24, 2.45) is 11.7 Å². The molecule has 2 atom stereocenters. The van der Waals surface area contributed by atoms with Crippen LogP contribution in [0.2, 0.25) is 0 Å². The smallest absolute Gasteiger partial charge is 0.0727 e. The molecule has 2 unspecified atom stereocenters. The fourth-order valence-corrected chi connectivity index (χ4v) is 3.38. The molecule has 1 aliphatic carbocycles. The molecule has 0 aromatic heterocycles. The van der Waals surface area contributed by atoms with Crippen LogP contribution in [0.3, 0.4) is 0 Å². The molecule has 1 heterocycles. The zero-order valence-electron chi connectivity index (χ0n) is 9.45. The molecular weight excluding hydrogens is 204 g/mol. The number of nitrogens with two attached hydrogens (primary N) is 1. The van der Waals surface area contributed by atoms with E-state index in [-0.39, 0.29) is 0 Å². The van der Waals surface area contributed by atoms with Crippen LogP contribution in [-0.2, 0) is 0 Å². The highest BCUT2D eigenvalue weighted by molar-refractivity contribution is 7.80. The topological polar surface area (TPSA) is 29.3 Å². The molecule has 2 rings (SSSR count). The average Bonchev–Trinajstić information content (AvgIpc) is 2.62. The minimum atomic E-state index is 0.675. The Hall–Kier alpha value is -0.150. The van der Waals surface area contributed by atoms with Crippen molar-refractivity contribution < 1.29 is 0 Å². The molecule has 0 aromatic carbocycles. The van der Waals surface area contributed by atoms with Crippen molar-refractivity contribution in [3.63, 3.8) is 0 Å². The number of hydrogen-bond donors (Lipinski definition) is 1. The van der Waals surface area contributed by atoms with Crippen LogP contribution in [0.1, 0.15) is 44.9 Å². The van der Waals surface area contributed by atoms with Crippen molar-refractivity contribution in [2.45, 2.75) is 51.0 Å². The summed E-state index contributed by atoms with van der Waals surface area (Å²) in [6.45, 7) is 2.52. The highest BCUT2D eigenvalue weighted by Crippen LogP contribution is 2.35. The van der Waals surface area contributed by atoms with Crippen LogP contribution in [0.5, 0.6) is 0 Å². The lowest BCUT2D eigenvalue weighted by atomic mass is 9.85. The Kier molecular flexibility index (Phi) is 3.98. The van der Waals surface area contributed by atoms with Gasteiger partial charge in [0.1, 0.15) is 0 Å². The molecule has 0 aromatic rings. The van der Waals surface area contributed by atoms with Crippen LogP contribution in [0, 0.1) is 5.92 Å². The standard InChI is InChI=1S/C12H22N2S/c13-12(15)6-3-8-14-9-7-10-4-1-2-5-11(10)14/h10-11H,1-9H2,(H2,13,15). The van der Waals surface area contributed by atoms with Gasteiger partial charge in [-0.25, -0.2) is 0 Å². The van der Waals surface area contributed by atoms with Crippen LogP contribution in [-0.4, -0.2) is 29.0 Å². The lowest BCUT2D eigenvalue weighted by Crippen LogP contribution is -2.35. The Morgan fingerprint density at radius 1 is 1.27 bits per heavy atom. The van der Waals surface area contributed by atoms with Gasteiger partial charge >= 0.3 is 0 Å². The summed E-state index contributed by atoms with van der Waals surface area (Å²) in [5.41, 5.74) is 5.52. The van der Waals surface area contributed by atoms with E-state index in [1.807, 2.05) is 0 Å². The predicted octanol–water partition coefficient (Wildman–Crippen LogP) is 2.32. The number of rotatable bonds is 4. The first kappa shape index (κ1) is 11.3. The van der Waals surface area contributed by atoms with Gasteiger partial charge in [-0.15, -0.1) is 0 Å². The summed E-state index contributed by atoms with van der Waals surface area (Å²) in [7, 11) is 0. The van der Waals surface area contributed by atoms with E-state index in [0.717, 1.165) is 24.8 Å². The van der Waals surface area contributed by atoms with E-state index in [1.165, 1.54) is 45.2 Å². The molecule has 0 spiro atoms. The first-order valence-corrected chi connectivity index (χ1v) is 6.70. The highest BCUT2D eigenvalue weighted by Gasteiger charge is 2.34. The second kappa shape index (κ2) is 5.26. The van der Waals surface area contributed by atoms with E-state index >= 15 is 0 Å². The molecular formula is C12H22N2S. The molecule has 1 saturated carbocycles. The van der Waals surface area contributed by atoms with E-state index in [1.54, 1.807) is 0 Å². The summed E-state index contributed by atoms with van der Waals surface area (Å²) < 4.78 is 0. The monoisotopic (exact) mass is 226 g/mol. The SMILES string of the molecule is NC(=S)CCCN1CCC2CCCCC21. The molecule has 2 N–H and O–H groups in total. The average molecular weight is 226 g/mol. The van der Waals surface area contributed by atoms with E-state index in [4.69, 9.17) is 18.0 Å². The van der Waals surface area contributed by atoms with Crippen molar-refractivity contribution in [1.29, 1.82) is 0 Å². The lowest BCUT2D eigenvalue weighted by molar-refractivity contribution is 0.182. The third-order valence-electron chi connectivity index (χ3n) is 3.99. The van der Waals surface area contributed by atoms with Gasteiger partial charge in [0, 0.05) is 6.04 Å². The number of fused-ring (bicyclic) bond motifs is 1. The summed E-state index contributed by atoms with van der Waals surface area (Å²) in [5.74, 6) is 1.00. The van der Waals surface area contributed by atoms with Gasteiger partial charge in [-0.3, -0.25) is 0 Å². The maximum absolute atomic E-state index is 5.52. The fourth-order valence-electron chi connectivity index (χ4n) is 3.24. The van der Waals surface area contributed by atoms with E-state index < -0.39 is 0 Å². The van der Waals surface area contributed by atoms with E-state index in [9.17, 15) is 0 Å². The van der Waals surface area contributed by atoms with Crippen LogP contribution in [0.4, 0.5) is 0 Å². The van der Waals surface area contributed by atoms with Crippen LogP contribution < -0.4 is 5.73 Å². The van der Waals surface area contributed by atoms with Gasteiger partial charge in [0.2, 0.25) is 0 Å².